The summed E-state index contributed by atoms with van der Waals surface area (Å²) in [5, 5.41) is 26.8. The van der Waals surface area contributed by atoms with Crippen molar-refractivity contribution in [2.75, 3.05) is 36.8 Å². The van der Waals surface area contributed by atoms with Crippen molar-refractivity contribution < 1.29 is 19.1 Å². The van der Waals surface area contributed by atoms with E-state index in [4.69, 9.17) is 19.4 Å². The van der Waals surface area contributed by atoms with Gasteiger partial charge in [0.15, 0.2) is 17.1 Å². The summed E-state index contributed by atoms with van der Waals surface area (Å²) in [7, 11) is 3.77. The van der Waals surface area contributed by atoms with Crippen molar-refractivity contribution in [3.8, 4) is 22.3 Å². The van der Waals surface area contributed by atoms with Crippen molar-refractivity contribution in [3.63, 3.8) is 0 Å². The molecule has 0 radical (unpaired) electrons. The Bertz CT molecular complexity index is 3270. The van der Waals surface area contributed by atoms with E-state index in [1.165, 1.54) is 23.1 Å². The monoisotopic (exact) mass is 1140 g/mol. The number of hydrogen-bond donors (Lipinski definition) is 2. The smallest absolute Gasteiger partial charge is 0.410 e. The molecule has 2 saturated heterocycles. The lowest BCUT2D eigenvalue weighted by Crippen LogP contribution is -2.42. The van der Waals surface area contributed by atoms with Gasteiger partial charge in [0.05, 0.1) is 57.6 Å². The van der Waals surface area contributed by atoms with Gasteiger partial charge in [0.25, 0.3) is 0 Å². The molecule has 10 rings (SSSR count). The molecule has 2 atom stereocenters. The summed E-state index contributed by atoms with van der Waals surface area (Å²) in [4.78, 5) is 39.4. The zero-order valence-electron chi connectivity index (χ0n) is 41.9. The first-order valence-corrected chi connectivity index (χ1v) is 26.8. The first kappa shape index (κ1) is 50.9. The number of likely N-dealkylation sites (tertiary alicyclic amines) is 2. The maximum atomic E-state index is 12.9. The number of ether oxygens (including phenoxy) is 2. The van der Waals surface area contributed by atoms with Gasteiger partial charge >= 0.3 is 12.2 Å². The molecule has 10 heterocycles. The van der Waals surface area contributed by atoms with Gasteiger partial charge in [0.1, 0.15) is 31.6 Å². The number of carbonyl (C=O) groups excluding carboxylic acids is 2. The van der Waals surface area contributed by atoms with Gasteiger partial charge in [-0.1, -0.05) is 0 Å². The molecule has 24 heteroatoms. The van der Waals surface area contributed by atoms with Crippen LogP contribution in [0.5, 0.6) is 0 Å². The Morgan fingerprint density at radius 2 is 1.26 bits per heavy atom. The Labute approximate surface area is 442 Å². The Morgan fingerprint density at radius 1 is 0.694 bits per heavy atom. The fourth-order valence-electron chi connectivity index (χ4n) is 8.70. The van der Waals surface area contributed by atoms with E-state index in [-0.39, 0.29) is 24.0 Å². The van der Waals surface area contributed by atoms with Crippen molar-refractivity contribution in [2.45, 2.75) is 104 Å². The lowest BCUT2D eigenvalue weighted by molar-refractivity contribution is 0.0187. The van der Waals surface area contributed by atoms with Crippen LogP contribution in [0, 0.1) is 13.8 Å². The molecule has 0 saturated carbocycles. The zero-order chi connectivity index (χ0) is 51.2. The van der Waals surface area contributed by atoms with Crippen LogP contribution in [0.15, 0.2) is 58.3 Å². The van der Waals surface area contributed by atoms with E-state index in [2.05, 4.69) is 71.6 Å². The lowest BCUT2D eigenvalue weighted by atomic mass is 9.94. The number of rotatable bonds is 8. The van der Waals surface area contributed by atoms with Crippen molar-refractivity contribution in [2.24, 2.45) is 14.1 Å². The number of amides is 2. The van der Waals surface area contributed by atoms with Crippen molar-refractivity contribution in [1.82, 2.24) is 67.3 Å². The summed E-state index contributed by atoms with van der Waals surface area (Å²) in [6, 6.07) is 6.04. The number of carbonyl (C=O) groups is 2. The van der Waals surface area contributed by atoms with Crippen LogP contribution in [0.3, 0.4) is 0 Å². The van der Waals surface area contributed by atoms with Crippen molar-refractivity contribution >= 4 is 100 Å². The van der Waals surface area contributed by atoms with Gasteiger partial charge < -0.3 is 29.9 Å². The molecule has 0 spiro atoms. The molecule has 72 heavy (non-hydrogen) atoms. The standard InChI is InChI=1S/C24H28Br2N8O2S.C24H30N8O2S/c1-13-9-17(37-31-13)29-22-18(25)19(14-7-6-8-33(12-14)23(35)36-24(2,3)4)30-21-16(11-28-34(21)22)15-10-27-32(5)20(15)26;1-15-9-21(35-29-15)28-20-10-19(16-7-6-8-31(14-16)23(33)34-24(2,3)4)27-22-18(12-26-32(20)22)17-11-25-30(5)13-17/h9-11,14,29H,6-8,12H2,1-5H3;9-13,16,28H,6-8,14H2,1-5H3. The topological polar surface area (TPSA) is 205 Å². The quantitative estimate of drug-likeness (QED) is 0.145. The minimum Gasteiger partial charge on any atom is -0.444 e. The number of hydrogen-bond acceptors (Lipinski definition) is 16. The summed E-state index contributed by atoms with van der Waals surface area (Å²) >= 11 is 10.3. The number of anilines is 4. The summed E-state index contributed by atoms with van der Waals surface area (Å²) in [5.74, 6) is 1.66. The van der Waals surface area contributed by atoms with Crippen LogP contribution < -0.4 is 10.6 Å². The SMILES string of the molecule is Cc1cc(Nc2c(Br)c(C3CCCN(C(=O)OC(C)(C)C)C3)nc3c(-c4cnn(C)c4Br)cnn23)sn1.Cc1cc(Nc2cc(C3CCCN(C(=O)OC(C)(C)C)C3)nc3c(-c4cnn(C)c4)cnn23)sn1. The first-order chi connectivity index (χ1) is 34.2. The second-order valence-electron chi connectivity index (χ2n) is 20.1. The number of nitrogens with one attached hydrogen (secondary N) is 2. The Kier molecular flexibility index (Phi) is 14.5. The highest BCUT2D eigenvalue weighted by Gasteiger charge is 2.33. The van der Waals surface area contributed by atoms with Crippen LogP contribution in [-0.2, 0) is 23.6 Å². The molecule has 2 aliphatic rings. The molecule has 8 aromatic rings. The summed E-state index contributed by atoms with van der Waals surface area (Å²) < 4.78 is 28.9. The third-order valence-corrected chi connectivity index (χ3v) is 15.3. The van der Waals surface area contributed by atoms with E-state index in [0.717, 1.165) is 107 Å². The Balaban J connectivity index is 0.000000178. The molecule has 0 aliphatic carbocycles. The first-order valence-electron chi connectivity index (χ1n) is 23.7. The summed E-state index contributed by atoms with van der Waals surface area (Å²) in [6.07, 6.45) is 12.2. The molecule has 8 aromatic heterocycles. The number of fused-ring (bicyclic) bond motifs is 2. The van der Waals surface area contributed by atoms with Crippen LogP contribution in [0.1, 0.15) is 102 Å². The number of aromatic nitrogens is 12. The fraction of sp³-hybridized carbons (Fsp3) is 0.458. The van der Waals surface area contributed by atoms with E-state index in [0.29, 0.717) is 31.8 Å². The molecular formula is C48H58Br2N16O4S2. The molecule has 0 aromatic carbocycles. The Morgan fingerprint density at radius 3 is 1.83 bits per heavy atom. The molecule has 2 amide bonds. The lowest BCUT2D eigenvalue weighted by Gasteiger charge is -2.34. The van der Waals surface area contributed by atoms with Gasteiger partial charge in [-0.15, -0.1) is 0 Å². The van der Waals surface area contributed by atoms with Crippen LogP contribution in [-0.4, -0.2) is 117 Å². The van der Waals surface area contributed by atoms with Crippen LogP contribution in [0.25, 0.3) is 33.5 Å². The predicted molar refractivity (Wildman–Crippen MR) is 286 cm³/mol. The highest BCUT2D eigenvalue weighted by atomic mass is 79.9. The van der Waals surface area contributed by atoms with E-state index >= 15 is 0 Å². The summed E-state index contributed by atoms with van der Waals surface area (Å²) in [6.45, 7) is 17.7. The molecule has 2 N–H and O–H groups in total. The van der Waals surface area contributed by atoms with Crippen LogP contribution >= 0.6 is 54.9 Å². The molecule has 20 nitrogen and oxygen atoms in total. The third kappa shape index (κ3) is 11.3. The largest absolute Gasteiger partial charge is 0.444 e. The number of aryl methyl sites for hydroxylation is 4. The Hall–Kier alpha value is -5.98. The number of piperidine rings is 2. The molecule has 2 aliphatic heterocycles. The highest BCUT2D eigenvalue weighted by molar-refractivity contribution is 9.11. The molecule has 380 valence electrons. The zero-order valence-corrected chi connectivity index (χ0v) is 46.7. The van der Waals surface area contributed by atoms with E-state index < -0.39 is 11.2 Å². The normalized spacial score (nSPS) is 16.5. The maximum Gasteiger partial charge on any atom is 0.410 e. The van der Waals surface area contributed by atoms with Crippen molar-refractivity contribution in [3.05, 3.63) is 81.0 Å². The van der Waals surface area contributed by atoms with E-state index in [9.17, 15) is 9.59 Å². The second-order valence-corrected chi connectivity index (χ2v) is 23.3. The molecule has 2 fully saturated rings. The van der Waals surface area contributed by atoms with Gasteiger partial charge in [-0.3, -0.25) is 9.36 Å². The average molecular weight is 1150 g/mol. The van der Waals surface area contributed by atoms with Gasteiger partial charge in [0, 0.05) is 81.1 Å². The fourth-order valence-corrected chi connectivity index (χ4v) is 11.1. The predicted octanol–water partition coefficient (Wildman–Crippen LogP) is 11.0. The number of nitrogens with zero attached hydrogens (tertiary/aromatic N) is 14. The summed E-state index contributed by atoms with van der Waals surface area (Å²) in [5.41, 5.74) is 7.67. The molecular weight excluding hydrogens is 1090 g/mol. The minimum absolute atomic E-state index is 0.0180. The minimum atomic E-state index is -0.546. The molecule has 0 bridgehead atoms. The second kappa shape index (κ2) is 20.5. The third-order valence-electron chi connectivity index (χ3n) is 12.0. The van der Waals surface area contributed by atoms with Crippen molar-refractivity contribution in [1.29, 1.82) is 0 Å². The van der Waals surface area contributed by atoms with E-state index in [1.807, 2.05) is 111 Å². The van der Waals surface area contributed by atoms with Gasteiger partial charge in [-0.25, -0.2) is 19.6 Å². The van der Waals surface area contributed by atoms with Crippen LogP contribution in [0.4, 0.5) is 31.2 Å². The van der Waals surface area contributed by atoms with Gasteiger partial charge in [-0.2, -0.15) is 38.2 Å². The van der Waals surface area contributed by atoms with Gasteiger partial charge in [-0.05, 0) is 148 Å². The average Bonchev–Trinajstić information content (AvgIpc) is 4.21. The van der Waals surface area contributed by atoms with E-state index in [1.54, 1.807) is 36.1 Å². The maximum absolute atomic E-state index is 12.9. The number of halogens is 2. The highest BCUT2D eigenvalue weighted by Crippen LogP contribution is 2.41. The van der Waals surface area contributed by atoms with Crippen LogP contribution in [0.2, 0.25) is 0 Å². The van der Waals surface area contributed by atoms with Gasteiger partial charge in [0.2, 0.25) is 0 Å². The molecule has 2 unspecified atom stereocenters.